The predicted molar refractivity (Wildman–Crippen MR) is 55.5 cm³/mol. The maximum atomic E-state index is 13.6. The van der Waals surface area contributed by atoms with Crippen LogP contribution in [0.1, 0.15) is 20.8 Å². The van der Waals surface area contributed by atoms with Crippen LogP contribution in [0.3, 0.4) is 0 Å². The number of rotatable bonds is 7. The van der Waals surface area contributed by atoms with Crippen LogP contribution in [-0.2, 0) is 14.3 Å². The van der Waals surface area contributed by atoms with Gasteiger partial charge >= 0.3 is 0 Å². The third kappa shape index (κ3) is 6.41. The summed E-state index contributed by atoms with van der Waals surface area (Å²) in [6.45, 7) is 5.38. The predicted octanol–water partition coefficient (Wildman–Crippen LogP) is 0.902. The molecule has 90 valence electrons. The highest BCUT2D eigenvalue weighted by atomic mass is 19.1. The number of hydrogen-bond donors (Lipinski definition) is 1. The molecular formula is C10H20FNO3. The molecule has 15 heavy (non-hydrogen) atoms. The molecule has 1 amide bonds. The van der Waals surface area contributed by atoms with Crippen LogP contribution in [0.2, 0.25) is 0 Å². The van der Waals surface area contributed by atoms with Crippen molar-refractivity contribution >= 4 is 5.91 Å². The number of amides is 1. The zero-order valence-corrected chi connectivity index (χ0v) is 9.80. The number of nitrogens with one attached hydrogen (secondary N) is 1. The van der Waals surface area contributed by atoms with Gasteiger partial charge in [-0.25, -0.2) is 4.39 Å². The van der Waals surface area contributed by atoms with Crippen LogP contribution in [0.5, 0.6) is 0 Å². The zero-order chi connectivity index (χ0) is 11.9. The van der Waals surface area contributed by atoms with Gasteiger partial charge in [0.1, 0.15) is 6.17 Å². The minimum absolute atomic E-state index is 0.0324. The quantitative estimate of drug-likeness (QED) is 0.650. The summed E-state index contributed by atoms with van der Waals surface area (Å²) in [6.07, 6.45) is -1.24. The number of methoxy groups -OCH3 is 1. The van der Waals surface area contributed by atoms with E-state index >= 15 is 0 Å². The van der Waals surface area contributed by atoms with Crippen molar-refractivity contribution in [3.63, 3.8) is 0 Å². The van der Waals surface area contributed by atoms with Gasteiger partial charge in [-0.15, -0.1) is 0 Å². The zero-order valence-electron chi connectivity index (χ0n) is 9.80. The first kappa shape index (κ1) is 14.3. The van der Waals surface area contributed by atoms with E-state index in [1.165, 1.54) is 6.92 Å². The highest BCUT2D eigenvalue weighted by Gasteiger charge is 2.30. The first-order valence-electron chi connectivity index (χ1n) is 4.91. The first-order chi connectivity index (χ1) is 6.90. The molecular weight excluding hydrogens is 201 g/mol. The Morgan fingerprint density at radius 1 is 1.47 bits per heavy atom. The van der Waals surface area contributed by atoms with Crippen LogP contribution in [0.15, 0.2) is 0 Å². The molecule has 0 spiro atoms. The van der Waals surface area contributed by atoms with Crippen molar-refractivity contribution < 1.29 is 18.7 Å². The summed E-state index contributed by atoms with van der Waals surface area (Å²) >= 11 is 0. The lowest BCUT2D eigenvalue weighted by Crippen LogP contribution is -2.44. The van der Waals surface area contributed by atoms with Gasteiger partial charge in [0.05, 0.1) is 25.4 Å². The van der Waals surface area contributed by atoms with Crippen LogP contribution in [0.25, 0.3) is 0 Å². The van der Waals surface area contributed by atoms with E-state index in [0.717, 1.165) is 0 Å². The van der Waals surface area contributed by atoms with Gasteiger partial charge in [-0.2, -0.15) is 0 Å². The lowest BCUT2D eigenvalue weighted by Gasteiger charge is -2.29. The van der Waals surface area contributed by atoms with Crippen molar-refractivity contribution in [2.75, 3.05) is 26.9 Å². The summed E-state index contributed by atoms with van der Waals surface area (Å²) in [5, 5.41) is 2.42. The minimum atomic E-state index is -1.24. The monoisotopic (exact) mass is 221 g/mol. The topological polar surface area (TPSA) is 47.6 Å². The van der Waals surface area contributed by atoms with Crippen molar-refractivity contribution in [3.8, 4) is 0 Å². The maximum Gasteiger partial charge on any atom is 0.216 e. The van der Waals surface area contributed by atoms with E-state index in [2.05, 4.69) is 5.32 Å². The molecule has 0 fully saturated rings. The van der Waals surface area contributed by atoms with Gasteiger partial charge in [0.25, 0.3) is 0 Å². The average molecular weight is 221 g/mol. The fourth-order valence-electron chi connectivity index (χ4n) is 0.958. The Balaban J connectivity index is 3.90. The van der Waals surface area contributed by atoms with Gasteiger partial charge in [-0.1, -0.05) is 0 Å². The summed E-state index contributed by atoms with van der Waals surface area (Å²) in [7, 11) is 1.56. The normalized spacial score (nSPS) is 13.7. The van der Waals surface area contributed by atoms with Crippen molar-refractivity contribution in [3.05, 3.63) is 0 Å². The standard InChI is InChI=1S/C10H20FNO3/c1-8(13)12-7-9(11)10(2,3)15-6-5-14-4/h9H,5-7H2,1-4H3,(H,12,13). The van der Waals surface area contributed by atoms with E-state index in [-0.39, 0.29) is 12.5 Å². The van der Waals surface area contributed by atoms with Crippen LogP contribution in [-0.4, -0.2) is 44.5 Å². The van der Waals surface area contributed by atoms with Crippen LogP contribution in [0, 0.1) is 0 Å². The Bertz CT molecular complexity index is 197. The van der Waals surface area contributed by atoms with E-state index in [1.54, 1.807) is 21.0 Å². The molecule has 1 unspecified atom stereocenters. The van der Waals surface area contributed by atoms with Gasteiger partial charge in [-0.3, -0.25) is 4.79 Å². The third-order valence-electron chi connectivity index (χ3n) is 2.05. The molecule has 1 atom stereocenters. The minimum Gasteiger partial charge on any atom is -0.382 e. The molecule has 0 heterocycles. The molecule has 0 aromatic rings. The molecule has 1 N–H and O–H groups in total. The Hall–Kier alpha value is -0.680. The van der Waals surface area contributed by atoms with Crippen LogP contribution >= 0.6 is 0 Å². The number of carbonyl (C=O) groups is 1. The molecule has 0 aliphatic heterocycles. The van der Waals surface area contributed by atoms with Crippen molar-refractivity contribution in [2.45, 2.75) is 32.5 Å². The lowest BCUT2D eigenvalue weighted by atomic mass is 10.0. The van der Waals surface area contributed by atoms with Gasteiger partial charge < -0.3 is 14.8 Å². The van der Waals surface area contributed by atoms with E-state index in [0.29, 0.717) is 13.2 Å². The second kappa shape index (κ2) is 6.74. The van der Waals surface area contributed by atoms with Gasteiger partial charge in [0, 0.05) is 14.0 Å². The molecule has 0 rings (SSSR count). The summed E-state index contributed by atoms with van der Waals surface area (Å²) in [6, 6.07) is 0. The van der Waals surface area contributed by atoms with Gasteiger partial charge in [0.15, 0.2) is 0 Å². The average Bonchev–Trinajstić information content (AvgIpc) is 2.14. The Morgan fingerprint density at radius 3 is 2.53 bits per heavy atom. The Kier molecular flexibility index (Phi) is 6.43. The first-order valence-corrected chi connectivity index (χ1v) is 4.91. The SMILES string of the molecule is COCCOC(C)(C)C(F)CNC(C)=O. The highest BCUT2D eigenvalue weighted by Crippen LogP contribution is 2.17. The summed E-state index contributed by atoms with van der Waals surface area (Å²) in [4.78, 5) is 10.6. The molecule has 0 aromatic carbocycles. The lowest BCUT2D eigenvalue weighted by molar-refractivity contribution is -0.120. The molecule has 0 saturated carbocycles. The van der Waals surface area contributed by atoms with E-state index in [4.69, 9.17) is 9.47 Å². The van der Waals surface area contributed by atoms with Crippen molar-refractivity contribution in [2.24, 2.45) is 0 Å². The van der Waals surface area contributed by atoms with Crippen LogP contribution < -0.4 is 5.32 Å². The summed E-state index contributed by atoms with van der Waals surface area (Å²) in [5.74, 6) is -0.245. The number of hydrogen-bond acceptors (Lipinski definition) is 3. The fraction of sp³-hybridized carbons (Fsp3) is 0.900. The molecule has 5 heteroatoms. The molecule has 0 aliphatic rings. The van der Waals surface area contributed by atoms with Crippen molar-refractivity contribution in [1.82, 2.24) is 5.32 Å². The fourth-order valence-corrected chi connectivity index (χ4v) is 0.958. The van der Waals surface area contributed by atoms with E-state index < -0.39 is 11.8 Å². The van der Waals surface area contributed by atoms with Crippen molar-refractivity contribution in [1.29, 1.82) is 0 Å². The van der Waals surface area contributed by atoms with Gasteiger partial charge in [0.2, 0.25) is 5.91 Å². The van der Waals surface area contributed by atoms with Gasteiger partial charge in [-0.05, 0) is 13.8 Å². The maximum absolute atomic E-state index is 13.6. The largest absolute Gasteiger partial charge is 0.382 e. The third-order valence-corrected chi connectivity index (χ3v) is 2.05. The molecule has 0 saturated heterocycles. The molecule has 0 aliphatic carbocycles. The number of carbonyl (C=O) groups excluding carboxylic acids is 1. The smallest absolute Gasteiger partial charge is 0.216 e. The summed E-state index contributed by atoms with van der Waals surface area (Å²) in [5.41, 5.74) is -0.916. The number of ether oxygens (including phenoxy) is 2. The Morgan fingerprint density at radius 2 is 2.07 bits per heavy atom. The second-order valence-electron chi connectivity index (χ2n) is 3.85. The van der Waals surface area contributed by atoms with Crippen LogP contribution in [0.4, 0.5) is 4.39 Å². The van der Waals surface area contributed by atoms with E-state index in [9.17, 15) is 9.18 Å². The number of alkyl halides is 1. The molecule has 0 radical (unpaired) electrons. The molecule has 0 aromatic heterocycles. The second-order valence-corrected chi connectivity index (χ2v) is 3.85. The molecule has 4 nitrogen and oxygen atoms in total. The highest BCUT2D eigenvalue weighted by molar-refractivity contribution is 5.72. The molecule has 0 bridgehead atoms. The van der Waals surface area contributed by atoms with E-state index in [1.807, 2.05) is 0 Å². The summed E-state index contributed by atoms with van der Waals surface area (Å²) < 4.78 is 23.7. The Labute approximate surface area is 90.1 Å². The number of halogens is 1.